The molecule has 0 N–H and O–H groups in total. The number of esters is 1. The highest BCUT2D eigenvalue weighted by molar-refractivity contribution is 6.74. The molecule has 34 heavy (non-hydrogen) atoms. The highest BCUT2D eigenvalue weighted by Gasteiger charge is 2.52. The van der Waals surface area contributed by atoms with Gasteiger partial charge in [-0.15, -0.1) is 0 Å². The summed E-state index contributed by atoms with van der Waals surface area (Å²) in [4.78, 5) is 12.6. The molecule has 1 aromatic rings. The van der Waals surface area contributed by atoms with Crippen molar-refractivity contribution >= 4 is 14.3 Å². The smallest absolute Gasteiger partial charge is 0.331 e. The van der Waals surface area contributed by atoms with Crippen LogP contribution in [0.15, 0.2) is 29.8 Å². The lowest BCUT2D eigenvalue weighted by Gasteiger charge is -2.49. The Hall–Kier alpha value is -1.55. The molecule has 3 aliphatic carbocycles. The normalized spacial score (nSPS) is 30.4. The third-order valence-corrected chi connectivity index (χ3v) is 13.8. The van der Waals surface area contributed by atoms with Gasteiger partial charge < -0.3 is 9.16 Å². The Balaban J connectivity index is 1.53. The highest BCUT2D eigenvalue weighted by atomic mass is 28.4. The number of carbonyl (C=O) groups excluding carboxylic acids is 1. The lowest BCUT2D eigenvalue weighted by atomic mass is 9.55. The largest absolute Gasteiger partial charge is 0.543 e. The first kappa shape index (κ1) is 25.5. The van der Waals surface area contributed by atoms with Gasteiger partial charge >= 0.3 is 5.97 Å². The maximum Gasteiger partial charge on any atom is 0.331 e. The van der Waals surface area contributed by atoms with E-state index in [1.165, 1.54) is 30.4 Å². The first-order valence-electron chi connectivity index (χ1n) is 13.4. The second-order valence-corrected chi connectivity index (χ2v) is 18.6. The Morgan fingerprint density at radius 1 is 1.06 bits per heavy atom. The highest BCUT2D eigenvalue weighted by Crippen LogP contribution is 2.63. The number of allylic oxidation sites excluding steroid dienone is 1. The molecule has 0 aliphatic heterocycles. The molecular weight excluding hydrogens is 436 g/mol. The van der Waals surface area contributed by atoms with E-state index in [1.807, 2.05) is 26.8 Å². The van der Waals surface area contributed by atoms with Crippen LogP contribution in [0.5, 0.6) is 5.75 Å². The van der Waals surface area contributed by atoms with Gasteiger partial charge in [-0.3, -0.25) is 0 Å². The van der Waals surface area contributed by atoms with Gasteiger partial charge in [0.05, 0.1) is 0 Å². The van der Waals surface area contributed by atoms with Gasteiger partial charge in [-0.1, -0.05) is 39.3 Å². The van der Waals surface area contributed by atoms with Crippen molar-refractivity contribution in [3.8, 4) is 5.75 Å². The molecule has 3 nitrogen and oxygen atoms in total. The van der Waals surface area contributed by atoms with Crippen molar-refractivity contribution in [2.24, 2.45) is 17.3 Å². The molecule has 0 spiro atoms. The maximum atomic E-state index is 12.6. The van der Waals surface area contributed by atoms with E-state index in [2.05, 4.69) is 59.0 Å². The van der Waals surface area contributed by atoms with Crippen LogP contribution in [0.1, 0.15) is 97.6 Å². The second kappa shape index (κ2) is 8.53. The van der Waals surface area contributed by atoms with Crippen LogP contribution in [0, 0.1) is 17.3 Å². The summed E-state index contributed by atoms with van der Waals surface area (Å²) in [5, 5.41) is 0.203. The molecule has 0 amide bonds. The van der Waals surface area contributed by atoms with Crippen molar-refractivity contribution in [1.29, 1.82) is 0 Å². The molecule has 0 aromatic heterocycles. The van der Waals surface area contributed by atoms with Crippen molar-refractivity contribution < 1.29 is 14.0 Å². The van der Waals surface area contributed by atoms with E-state index in [4.69, 9.17) is 9.16 Å². The minimum absolute atomic E-state index is 0.140. The van der Waals surface area contributed by atoms with Gasteiger partial charge in [-0.2, -0.15) is 0 Å². The standard InChI is InChI=1S/C30H46O3Si/c1-28(2,3)32-27(31)19-21-11-15-26-25-13-10-20-18-22(33-34(8,9)29(4,5)6)12-14-23(20)24(25)16-17-30(21,26)7/h12,14,18-19,24-26H,10-11,13,15-17H2,1-9H3/b21-19+/t24-,25-,26+,30-/m1/s1. The van der Waals surface area contributed by atoms with E-state index >= 15 is 0 Å². The lowest BCUT2D eigenvalue weighted by molar-refractivity contribution is -0.148. The Labute approximate surface area is 208 Å². The Morgan fingerprint density at radius 3 is 2.41 bits per heavy atom. The number of aryl methyl sites for hydroxylation is 1. The van der Waals surface area contributed by atoms with Crippen LogP contribution in [-0.4, -0.2) is 19.9 Å². The summed E-state index contributed by atoms with van der Waals surface area (Å²) in [5.41, 5.74) is 4.09. The molecule has 4 rings (SSSR count). The summed E-state index contributed by atoms with van der Waals surface area (Å²) in [6.07, 6.45) is 8.84. The quantitative estimate of drug-likeness (QED) is 0.247. The first-order chi connectivity index (χ1) is 15.6. The summed E-state index contributed by atoms with van der Waals surface area (Å²) >= 11 is 0. The molecule has 0 saturated heterocycles. The summed E-state index contributed by atoms with van der Waals surface area (Å²) in [5.74, 6) is 2.91. The number of hydrogen-bond donors (Lipinski definition) is 0. The van der Waals surface area contributed by atoms with Crippen molar-refractivity contribution in [3.05, 3.63) is 41.0 Å². The number of hydrogen-bond acceptors (Lipinski definition) is 3. The zero-order chi connectivity index (χ0) is 25.1. The zero-order valence-electron chi connectivity index (χ0n) is 23.0. The molecule has 0 unspecified atom stereocenters. The van der Waals surface area contributed by atoms with Crippen LogP contribution >= 0.6 is 0 Å². The van der Waals surface area contributed by atoms with Crippen LogP contribution in [0.25, 0.3) is 0 Å². The van der Waals surface area contributed by atoms with E-state index < -0.39 is 13.9 Å². The molecule has 2 saturated carbocycles. The fourth-order valence-corrected chi connectivity index (χ4v) is 7.65. The van der Waals surface area contributed by atoms with Crippen molar-refractivity contribution in [3.63, 3.8) is 0 Å². The van der Waals surface area contributed by atoms with Gasteiger partial charge in [0.2, 0.25) is 8.32 Å². The third kappa shape index (κ3) is 4.76. The van der Waals surface area contributed by atoms with Crippen LogP contribution in [0.3, 0.4) is 0 Å². The summed E-state index contributed by atoms with van der Waals surface area (Å²) in [7, 11) is -1.83. The molecule has 0 heterocycles. The summed E-state index contributed by atoms with van der Waals surface area (Å²) in [6.45, 7) is 19.8. The number of fused-ring (bicyclic) bond motifs is 5. The van der Waals surface area contributed by atoms with E-state index in [9.17, 15) is 4.79 Å². The lowest BCUT2D eigenvalue weighted by Crippen LogP contribution is -2.44. The van der Waals surface area contributed by atoms with Crippen molar-refractivity contribution in [2.75, 3.05) is 0 Å². The zero-order valence-corrected chi connectivity index (χ0v) is 24.0. The Morgan fingerprint density at radius 2 is 1.76 bits per heavy atom. The first-order valence-corrected chi connectivity index (χ1v) is 16.3. The number of rotatable bonds is 3. The van der Waals surface area contributed by atoms with E-state index in [0.29, 0.717) is 17.8 Å². The van der Waals surface area contributed by atoms with E-state index in [-0.39, 0.29) is 16.4 Å². The van der Waals surface area contributed by atoms with Crippen LogP contribution in [-0.2, 0) is 16.0 Å². The van der Waals surface area contributed by atoms with E-state index in [1.54, 1.807) is 5.56 Å². The molecule has 0 radical (unpaired) electrons. The monoisotopic (exact) mass is 482 g/mol. The van der Waals surface area contributed by atoms with Gasteiger partial charge in [0.1, 0.15) is 11.4 Å². The molecule has 4 heteroatoms. The Kier molecular flexibility index (Phi) is 6.41. The molecule has 188 valence electrons. The second-order valence-electron chi connectivity index (χ2n) is 13.8. The van der Waals surface area contributed by atoms with Gasteiger partial charge in [-0.05, 0) is 124 Å². The molecule has 2 fully saturated rings. The molecule has 3 aliphatic rings. The van der Waals surface area contributed by atoms with Crippen LogP contribution in [0.2, 0.25) is 18.1 Å². The van der Waals surface area contributed by atoms with Gasteiger partial charge in [0.25, 0.3) is 0 Å². The number of ether oxygens (including phenoxy) is 1. The predicted octanol–water partition coefficient (Wildman–Crippen LogP) is 8.19. The van der Waals surface area contributed by atoms with Gasteiger partial charge in [-0.25, -0.2) is 4.79 Å². The van der Waals surface area contributed by atoms with Crippen LogP contribution < -0.4 is 4.43 Å². The fraction of sp³-hybridized carbons (Fsp3) is 0.700. The average molecular weight is 483 g/mol. The van der Waals surface area contributed by atoms with Crippen molar-refractivity contribution in [2.45, 2.75) is 117 Å². The predicted molar refractivity (Wildman–Crippen MR) is 143 cm³/mol. The molecule has 4 atom stereocenters. The van der Waals surface area contributed by atoms with Gasteiger partial charge in [0, 0.05) is 6.08 Å². The number of benzene rings is 1. The third-order valence-electron chi connectivity index (χ3n) is 9.42. The topological polar surface area (TPSA) is 35.5 Å². The maximum absolute atomic E-state index is 12.6. The Bertz CT molecular complexity index is 978. The summed E-state index contributed by atoms with van der Waals surface area (Å²) in [6, 6.07) is 6.96. The fourth-order valence-electron chi connectivity index (χ4n) is 6.63. The summed E-state index contributed by atoms with van der Waals surface area (Å²) < 4.78 is 12.2. The number of carbonyl (C=O) groups is 1. The van der Waals surface area contributed by atoms with E-state index in [0.717, 1.165) is 25.0 Å². The SMILES string of the molecule is CC(C)(C)OC(=O)/C=C1\CC[C@H]2[C@@H]3CCc4cc(O[Si](C)(C)C(C)(C)C)ccc4[C@H]3CC[C@]12C. The molecule has 1 aromatic carbocycles. The molecular formula is C30H46O3Si. The van der Waals surface area contributed by atoms with Crippen molar-refractivity contribution in [1.82, 2.24) is 0 Å². The van der Waals surface area contributed by atoms with Gasteiger partial charge in [0.15, 0.2) is 0 Å². The average Bonchev–Trinajstić information content (AvgIpc) is 3.01. The minimum Gasteiger partial charge on any atom is -0.543 e. The molecule has 0 bridgehead atoms. The van der Waals surface area contributed by atoms with Crippen LogP contribution in [0.4, 0.5) is 0 Å². The minimum atomic E-state index is -1.83.